The van der Waals surface area contributed by atoms with Crippen LogP contribution in [0.3, 0.4) is 0 Å². The molecule has 0 aliphatic heterocycles. The lowest BCUT2D eigenvalue weighted by Crippen LogP contribution is -2.47. The summed E-state index contributed by atoms with van der Waals surface area (Å²) in [6.07, 6.45) is 0. The molecule has 3 heteroatoms. The van der Waals surface area contributed by atoms with Crippen LogP contribution in [0, 0.1) is 6.92 Å². The number of hydrogen-bond donors (Lipinski definition) is 0. The Morgan fingerprint density at radius 3 is 2.00 bits per heavy atom. The van der Waals surface area contributed by atoms with E-state index in [9.17, 15) is 0 Å². The molecule has 0 N–H and O–H groups in total. The van der Waals surface area contributed by atoms with E-state index in [0.717, 1.165) is 5.84 Å². The minimum absolute atomic E-state index is 1.10. The number of aryl methyl sites for hydroxylation is 1. The van der Waals surface area contributed by atoms with Gasteiger partial charge in [0.15, 0.2) is 0 Å². The molecular weight excluding hydrogens is 212 g/mol. The molecule has 1 aromatic rings. The summed E-state index contributed by atoms with van der Waals surface area (Å²) in [6.45, 7) is 9.08. The number of rotatable bonds is 2. The van der Waals surface area contributed by atoms with Crippen LogP contribution >= 0.6 is 0 Å². The van der Waals surface area contributed by atoms with Gasteiger partial charge in [0.25, 0.3) is 0 Å². The fraction of sp³-hybridized carbons (Fsp3) is 0.462. The van der Waals surface area contributed by atoms with E-state index in [1.165, 1.54) is 11.1 Å². The normalized spacial score (nSPS) is 12.8. The zero-order valence-corrected chi connectivity index (χ0v) is 12.2. The predicted octanol–water partition coefficient (Wildman–Crippen LogP) is 3.14. The molecule has 1 aromatic carbocycles. The maximum Gasteiger partial charge on any atom is 0.149 e. The fourth-order valence-corrected chi connectivity index (χ4v) is 2.36. The number of aliphatic imine (C=N–C) groups is 1. The van der Waals surface area contributed by atoms with Crippen molar-refractivity contribution in [1.29, 1.82) is 0 Å². The first-order chi connectivity index (χ1) is 7.36. The number of benzene rings is 1. The van der Waals surface area contributed by atoms with Gasteiger partial charge in [-0.1, -0.05) is 49.5 Å². The van der Waals surface area contributed by atoms with Crippen LogP contribution in [0.5, 0.6) is 0 Å². The molecule has 1 rings (SSSR count). The second-order valence-electron chi connectivity index (χ2n) is 5.14. The maximum atomic E-state index is 4.43. The Morgan fingerprint density at radius 1 is 1.12 bits per heavy atom. The van der Waals surface area contributed by atoms with E-state index in [-0.39, 0.29) is 0 Å². The molecule has 88 valence electrons. The largest absolute Gasteiger partial charge is 0.386 e. The summed E-state index contributed by atoms with van der Waals surface area (Å²) in [5.41, 5.74) is 2.49. The molecule has 16 heavy (non-hydrogen) atoms. The van der Waals surface area contributed by atoms with Crippen molar-refractivity contribution in [3.63, 3.8) is 0 Å². The third kappa shape index (κ3) is 2.95. The molecule has 0 spiro atoms. The van der Waals surface area contributed by atoms with Crippen LogP contribution in [-0.4, -0.2) is 32.7 Å². The summed E-state index contributed by atoms with van der Waals surface area (Å²) in [7, 11) is 2.68. The summed E-state index contributed by atoms with van der Waals surface area (Å²) in [5, 5.41) is 0. The van der Waals surface area contributed by atoms with Crippen molar-refractivity contribution in [3.8, 4) is 0 Å². The highest BCUT2D eigenvalue weighted by atomic mass is 28.3. The van der Waals surface area contributed by atoms with Gasteiger partial charge in [-0.2, -0.15) is 0 Å². The second-order valence-corrected chi connectivity index (χ2v) is 10.2. The highest BCUT2D eigenvalue weighted by Crippen LogP contribution is 2.13. The first kappa shape index (κ1) is 13.0. The molecule has 0 heterocycles. The highest BCUT2D eigenvalue weighted by Gasteiger charge is 2.23. The van der Waals surface area contributed by atoms with Crippen molar-refractivity contribution < 1.29 is 0 Å². The topological polar surface area (TPSA) is 15.6 Å². The Kier molecular flexibility index (Phi) is 3.91. The molecule has 0 fully saturated rings. The van der Waals surface area contributed by atoms with Gasteiger partial charge in [-0.25, -0.2) is 0 Å². The van der Waals surface area contributed by atoms with E-state index in [4.69, 9.17) is 0 Å². The standard InChI is InChI=1S/C13H22N2Si/c1-11-7-9-12(10-8-11)13(14-2)15(3)16(4,5)6/h7-10H,1-6H3. The van der Waals surface area contributed by atoms with Crippen LogP contribution in [0.1, 0.15) is 11.1 Å². The van der Waals surface area contributed by atoms with Gasteiger partial charge in [0.1, 0.15) is 14.1 Å². The number of hydrogen-bond acceptors (Lipinski definition) is 1. The Bertz CT molecular complexity index is 374. The van der Waals surface area contributed by atoms with Crippen molar-refractivity contribution in [1.82, 2.24) is 4.57 Å². The van der Waals surface area contributed by atoms with Crippen molar-refractivity contribution >= 4 is 14.1 Å². The second kappa shape index (κ2) is 4.83. The van der Waals surface area contributed by atoms with Gasteiger partial charge in [-0.3, -0.25) is 4.99 Å². The summed E-state index contributed by atoms with van der Waals surface area (Å²) in [4.78, 5) is 4.43. The average Bonchev–Trinajstić information content (AvgIpc) is 2.20. The first-order valence-electron chi connectivity index (χ1n) is 5.64. The molecule has 2 nitrogen and oxygen atoms in total. The smallest absolute Gasteiger partial charge is 0.149 e. The van der Waals surface area contributed by atoms with Gasteiger partial charge in [0.2, 0.25) is 0 Å². The van der Waals surface area contributed by atoms with Gasteiger partial charge in [-0.05, 0) is 14.0 Å². The van der Waals surface area contributed by atoms with E-state index in [1.54, 1.807) is 0 Å². The highest BCUT2D eigenvalue weighted by molar-refractivity contribution is 6.75. The van der Waals surface area contributed by atoms with Crippen molar-refractivity contribution in [2.75, 3.05) is 14.1 Å². The Labute approximate surface area is 100 Å². The lowest BCUT2D eigenvalue weighted by molar-refractivity contribution is 0.754. The van der Waals surface area contributed by atoms with E-state index in [2.05, 4.69) is 67.4 Å². The molecule has 0 saturated carbocycles. The van der Waals surface area contributed by atoms with Gasteiger partial charge in [0.05, 0.1) is 0 Å². The van der Waals surface area contributed by atoms with Crippen LogP contribution < -0.4 is 0 Å². The third-order valence-electron chi connectivity index (χ3n) is 2.85. The zero-order chi connectivity index (χ0) is 12.3. The van der Waals surface area contributed by atoms with E-state index in [0.29, 0.717) is 0 Å². The average molecular weight is 234 g/mol. The molecule has 0 amide bonds. The van der Waals surface area contributed by atoms with Crippen molar-refractivity contribution in [2.24, 2.45) is 4.99 Å². The van der Waals surface area contributed by atoms with Crippen molar-refractivity contribution in [2.45, 2.75) is 26.6 Å². The molecule has 0 aliphatic carbocycles. The van der Waals surface area contributed by atoms with Gasteiger partial charge in [-0.15, -0.1) is 0 Å². The monoisotopic (exact) mass is 234 g/mol. The van der Waals surface area contributed by atoms with Crippen molar-refractivity contribution in [3.05, 3.63) is 35.4 Å². The summed E-state index contributed by atoms with van der Waals surface area (Å²) in [6, 6.07) is 8.57. The Hall–Kier alpha value is -1.09. The summed E-state index contributed by atoms with van der Waals surface area (Å²) < 4.78 is 2.34. The Morgan fingerprint density at radius 2 is 1.62 bits per heavy atom. The lowest BCUT2D eigenvalue weighted by atomic mass is 10.1. The summed E-state index contributed by atoms with van der Waals surface area (Å²) >= 11 is 0. The maximum absolute atomic E-state index is 4.43. The Balaban J connectivity index is 3.05. The van der Waals surface area contributed by atoms with Crippen LogP contribution in [0.25, 0.3) is 0 Å². The molecule has 0 atom stereocenters. The van der Waals surface area contributed by atoms with Crippen LogP contribution in [0.2, 0.25) is 19.6 Å². The summed E-state index contributed by atoms with van der Waals surface area (Å²) in [5.74, 6) is 1.10. The SMILES string of the molecule is CN=C(c1ccc(C)cc1)N(C)[Si](C)(C)C. The van der Waals surface area contributed by atoms with Gasteiger partial charge in [0, 0.05) is 12.6 Å². The third-order valence-corrected chi connectivity index (χ3v) is 5.07. The molecular formula is C13H22N2Si. The predicted molar refractivity (Wildman–Crippen MR) is 74.7 cm³/mol. The zero-order valence-electron chi connectivity index (χ0n) is 11.2. The lowest BCUT2D eigenvalue weighted by Gasteiger charge is -2.33. The minimum atomic E-state index is -1.34. The number of amidine groups is 1. The van der Waals surface area contributed by atoms with E-state index < -0.39 is 8.24 Å². The molecule has 0 unspecified atom stereocenters. The quantitative estimate of drug-likeness (QED) is 0.436. The van der Waals surface area contributed by atoms with E-state index >= 15 is 0 Å². The first-order valence-corrected chi connectivity index (χ1v) is 9.08. The molecule has 0 bridgehead atoms. The molecule has 0 radical (unpaired) electrons. The molecule has 0 saturated heterocycles. The van der Waals surface area contributed by atoms with Crippen LogP contribution in [-0.2, 0) is 0 Å². The molecule has 0 aliphatic rings. The van der Waals surface area contributed by atoms with Crippen LogP contribution in [0.15, 0.2) is 29.3 Å². The molecule has 0 aromatic heterocycles. The van der Waals surface area contributed by atoms with Crippen LogP contribution in [0.4, 0.5) is 0 Å². The van der Waals surface area contributed by atoms with Gasteiger partial charge < -0.3 is 4.57 Å². The fourth-order valence-electron chi connectivity index (χ4n) is 1.49. The van der Waals surface area contributed by atoms with Gasteiger partial charge >= 0.3 is 0 Å². The number of nitrogens with zero attached hydrogens (tertiary/aromatic N) is 2. The minimum Gasteiger partial charge on any atom is -0.386 e. The van der Waals surface area contributed by atoms with E-state index in [1.807, 2.05) is 7.05 Å².